The fraction of sp³-hybridized carbons (Fsp3) is 0.650. The number of anilines is 1. The van der Waals surface area contributed by atoms with E-state index in [0.717, 1.165) is 52.1 Å². The van der Waals surface area contributed by atoms with Crippen molar-refractivity contribution in [3.05, 3.63) is 29.6 Å². The van der Waals surface area contributed by atoms with Crippen LogP contribution >= 0.6 is 12.4 Å². The number of hydrogen-bond acceptors (Lipinski definition) is 4. The minimum Gasteiger partial charge on any atom is -0.367 e. The van der Waals surface area contributed by atoms with Crippen molar-refractivity contribution in [2.75, 3.05) is 50.7 Å². The first-order valence-corrected chi connectivity index (χ1v) is 9.88. The quantitative estimate of drug-likeness (QED) is 0.851. The van der Waals surface area contributed by atoms with E-state index in [0.29, 0.717) is 29.6 Å². The summed E-state index contributed by atoms with van der Waals surface area (Å²) >= 11 is 0. The lowest BCUT2D eigenvalue weighted by atomic mass is 9.98. The van der Waals surface area contributed by atoms with Gasteiger partial charge in [-0.2, -0.15) is 0 Å². The van der Waals surface area contributed by atoms with E-state index in [9.17, 15) is 9.18 Å². The molecule has 0 bridgehead atoms. The number of halogens is 2. The highest BCUT2D eigenvalue weighted by molar-refractivity contribution is 5.95. The van der Waals surface area contributed by atoms with Gasteiger partial charge in [-0.1, -0.05) is 6.92 Å². The van der Waals surface area contributed by atoms with Crippen molar-refractivity contribution in [3.8, 4) is 0 Å². The Labute approximate surface area is 167 Å². The van der Waals surface area contributed by atoms with Crippen LogP contribution in [0.2, 0.25) is 0 Å². The van der Waals surface area contributed by atoms with Crippen molar-refractivity contribution in [1.82, 2.24) is 9.80 Å². The lowest BCUT2D eigenvalue weighted by Gasteiger charge is -2.35. The second-order valence-corrected chi connectivity index (χ2v) is 7.96. The van der Waals surface area contributed by atoms with Gasteiger partial charge in [0.25, 0.3) is 5.91 Å². The van der Waals surface area contributed by atoms with Gasteiger partial charge in [-0.05, 0) is 49.4 Å². The van der Waals surface area contributed by atoms with Gasteiger partial charge in [-0.15, -0.1) is 12.4 Å². The molecule has 0 spiro atoms. The molecular weight excluding hydrogens is 367 g/mol. The van der Waals surface area contributed by atoms with E-state index in [4.69, 9.17) is 5.73 Å². The maximum Gasteiger partial charge on any atom is 0.253 e. The van der Waals surface area contributed by atoms with Crippen molar-refractivity contribution < 1.29 is 9.18 Å². The fourth-order valence-corrected chi connectivity index (χ4v) is 4.86. The molecule has 4 rings (SSSR count). The topological polar surface area (TPSA) is 52.8 Å². The first-order chi connectivity index (χ1) is 12.6. The third kappa shape index (κ3) is 3.93. The molecule has 27 heavy (non-hydrogen) atoms. The number of fused-ring (bicyclic) bond motifs is 1. The Balaban J connectivity index is 0.00000210. The lowest BCUT2D eigenvalue weighted by molar-refractivity contribution is 0.0779. The van der Waals surface area contributed by atoms with Gasteiger partial charge in [0.1, 0.15) is 5.82 Å². The molecule has 1 aliphatic carbocycles. The molecule has 1 aromatic carbocycles. The highest BCUT2D eigenvalue weighted by Crippen LogP contribution is 2.37. The number of piperazine rings is 1. The van der Waals surface area contributed by atoms with Crippen LogP contribution in [0, 0.1) is 17.7 Å². The summed E-state index contributed by atoms with van der Waals surface area (Å²) in [4.78, 5) is 19.1. The first kappa shape index (κ1) is 20.4. The van der Waals surface area contributed by atoms with Crippen molar-refractivity contribution in [3.63, 3.8) is 0 Å². The van der Waals surface area contributed by atoms with Crippen LogP contribution in [0.15, 0.2) is 18.2 Å². The third-order valence-electron chi connectivity index (χ3n) is 6.55. The van der Waals surface area contributed by atoms with Gasteiger partial charge in [0, 0.05) is 50.9 Å². The van der Waals surface area contributed by atoms with Gasteiger partial charge in [0.05, 0.1) is 5.69 Å². The van der Waals surface area contributed by atoms with E-state index >= 15 is 0 Å². The Morgan fingerprint density at radius 3 is 2.56 bits per heavy atom. The number of rotatable bonds is 3. The van der Waals surface area contributed by atoms with Gasteiger partial charge in [-0.25, -0.2) is 4.39 Å². The van der Waals surface area contributed by atoms with E-state index < -0.39 is 0 Å². The van der Waals surface area contributed by atoms with Gasteiger partial charge in [-0.3, -0.25) is 4.79 Å². The Morgan fingerprint density at radius 2 is 1.93 bits per heavy atom. The Morgan fingerprint density at radius 1 is 1.19 bits per heavy atom. The van der Waals surface area contributed by atoms with Gasteiger partial charge < -0.3 is 20.4 Å². The van der Waals surface area contributed by atoms with Crippen LogP contribution in [0.1, 0.15) is 30.1 Å². The van der Waals surface area contributed by atoms with Crippen molar-refractivity contribution in [1.29, 1.82) is 0 Å². The van der Waals surface area contributed by atoms with Crippen LogP contribution in [0.3, 0.4) is 0 Å². The molecule has 2 N–H and O–H groups in total. The monoisotopic (exact) mass is 396 g/mol. The van der Waals surface area contributed by atoms with Crippen molar-refractivity contribution >= 4 is 24.0 Å². The smallest absolute Gasteiger partial charge is 0.253 e. The summed E-state index contributed by atoms with van der Waals surface area (Å²) in [7, 11) is 0. The second-order valence-electron chi connectivity index (χ2n) is 7.96. The van der Waals surface area contributed by atoms with E-state index in [-0.39, 0.29) is 30.2 Å². The SMILES string of the molecule is CCN1CCN(c2ccc(C(=O)N3CC4CCC(N)C4C3)cc2F)CC1.Cl. The lowest BCUT2D eigenvalue weighted by Crippen LogP contribution is -2.46. The molecule has 3 atom stereocenters. The summed E-state index contributed by atoms with van der Waals surface area (Å²) in [5, 5.41) is 0. The molecule has 1 amide bonds. The predicted octanol–water partition coefficient (Wildman–Crippen LogP) is 2.20. The number of hydrogen-bond donors (Lipinski definition) is 1. The number of nitrogens with zero attached hydrogens (tertiary/aromatic N) is 3. The molecule has 3 fully saturated rings. The van der Waals surface area contributed by atoms with Crippen LogP contribution in [0.4, 0.5) is 10.1 Å². The molecule has 5 nitrogen and oxygen atoms in total. The first-order valence-electron chi connectivity index (χ1n) is 9.88. The van der Waals surface area contributed by atoms with Crippen LogP contribution in [0.5, 0.6) is 0 Å². The van der Waals surface area contributed by atoms with Crippen LogP contribution in [-0.2, 0) is 0 Å². The molecule has 2 heterocycles. The predicted molar refractivity (Wildman–Crippen MR) is 108 cm³/mol. The summed E-state index contributed by atoms with van der Waals surface area (Å²) in [5.74, 6) is 0.579. The van der Waals surface area contributed by atoms with Crippen LogP contribution < -0.4 is 10.6 Å². The number of likely N-dealkylation sites (N-methyl/N-ethyl adjacent to an activating group) is 1. The molecule has 0 radical (unpaired) electrons. The average Bonchev–Trinajstić information content (AvgIpc) is 3.23. The molecule has 2 aliphatic heterocycles. The third-order valence-corrected chi connectivity index (χ3v) is 6.55. The van der Waals surface area contributed by atoms with E-state index in [1.165, 1.54) is 6.07 Å². The Hall–Kier alpha value is -1.37. The number of carbonyl (C=O) groups excluding carboxylic acids is 1. The van der Waals surface area contributed by atoms with Gasteiger partial charge in [0.2, 0.25) is 0 Å². The minimum absolute atomic E-state index is 0. The van der Waals surface area contributed by atoms with E-state index in [1.54, 1.807) is 12.1 Å². The highest BCUT2D eigenvalue weighted by Gasteiger charge is 2.42. The summed E-state index contributed by atoms with van der Waals surface area (Å²) in [6, 6.07) is 5.17. The molecular formula is C20H30ClFN4O. The standard InChI is InChI=1S/C20H29FN4O.ClH/c1-2-23-7-9-24(10-8-23)19-6-4-14(11-17(19)21)20(26)25-12-15-3-5-18(22)16(15)13-25;/h4,6,11,15-16,18H,2-3,5,7-10,12-13,22H2,1H3;1H. The fourth-order valence-electron chi connectivity index (χ4n) is 4.86. The molecule has 1 aromatic rings. The Bertz CT molecular complexity index is 680. The summed E-state index contributed by atoms with van der Waals surface area (Å²) < 4.78 is 14.7. The molecule has 3 aliphatic rings. The van der Waals surface area contributed by atoms with Gasteiger partial charge in [0.15, 0.2) is 0 Å². The summed E-state index contributed by atoms with van der Waals surface area (Å²) in [5.41, 5.74) is 7.22. The second kappa shape index (κ2) is 8.33. The van der Waals surface area contributed by atoms with Gasteiger partial charge >= 0.3 is 0 Å². The molecule has 0 aromatic heterocycles. The number of amides is 1. The maximum absolute atomic E-state index is 14.7. The number of carbonyl (C=O) groups is 1. The maximum atomic E-state index is 14.7. The normalized spacial score (nSPS) is 28.2. The Kier molecular flexibility index (Phi) is 6.28. The number of nitrogens with two attached hydrogens (primary N) is 1. The molecule has 1 saturated carbocycles. The van der Waals surface area contributed by atoms with Crippen molar-refractivity contribution in [2.45, 2.75) is 25.8 Å². The largest absolute Gasteiger partial charge is 0.367 e. The molecule has 3 unspecified atom stereocenters. The summed E-state index contributed by atoms with van der Waals surface area (Å²) in [6.45, 7) is 8.21. The van der Waals surface area contributed by atoms with Crippen molar-refractivity contribution in [2.24, 2.45) is 17.6 Å². The molecule has 2 saturated heterocycles. The minimum atomic E-state index is -0.295. The number of likely N-dealkylation sites (tertiary alicyclic amines) is 1. The zero-order valence-electron chi connectivity index (χ0n) is 15.9. The average molecular weight is 397 g/mol. The van der Waals surface area contributed by atoms with E-state index in [2.05, 4.69) is 16.7 Å². The van der Waals surface area contributed by atoms with Crippen LogP contribution in [0.25, 0.3) is 0 Å². The zero-order chi connectivity index (χ0) is 18.3. The molecule has 7 heteroatoms. The van der Waals surface area contributed by atoms with Crippen LogP contribution in [-0.4, -0.2) is 67.6 Å². The van der Waals surface area contributed by atoms with E-state index in [1.807, 2.05) is 4.90 Å². The summed E-state index contributed by atoms with van der Waals surface area (Å²) in [6.07, 6.45) is 2.17. The number of benzene rings is 1. The zero-order valence-corrected chi connectivity index (χ0v) is 16.8. The highest BCUT2D eigenvalue weighted by atomic mass is 35.5. The molecule has 150 valence electrons.